The van der Waals surface area contributed by atoms with Crippen molar-refractivity contribution in [2.24, 2.45) is 5.92 Å². The first-order valence-corrected chi connectivity index (χ1v) is 8.75. The standard InChI is InChI=1S/C15H20BrClN4O/c16-10-3-4-12(17)11(5-10)13-6-14(21-20-13)19-15(22)8-18-7-9-1-2-9/h3-5,9,13-14,18,20-21H,1-2,6-8H2,(H,19,22). The van der Waals surface area contributed by atoms with Crippen LogP contribution in [-0.2, 0) is 4.79 Å². The van der Waals surface area contributed by atoms with Crippen molar-refractivity contribution in [1.82, 2.24) is 21.5 Å². The molecule has 4 N–H and O–H groups in total. The second kappa shape index (κ2) is 7.27. The normalized spacial score (nSPS) is 24.5. The van der Waals surface area contributed by atoms with Gasteiger partial charge >= 0.3 is 0 Å². The minimum atomic E-state index is -0.0877. The number of hydrazine groups is 1. The first-order chi connectivity index (χ1) is 10.6. The van der Waals surface area contributed by atoms with Crippen LogP contribution in [0, 0.1) is 5.92 Å². The molecule has 1 amide bonds. The van der Waals surface area contributed by atoms with Crippen molar-refractivity contribution in [2.45, 2.75) is 31.5 Å². The van der Waals surface area contributed by atoms with Crippen molar-refractivity contribution in [3.63, 3.8) is 0 Å². The van der Waals surface area contributed by atoms with Crippen LogP contribution in [0.1, 0.15) is 30.9 Å². The summed E-state index contributed by atoms with van der Waals surface area (Å²) in [4.78, 5) is 11.9. The van der Waals surface area contributed by atoms with E-state index in [9.17, 15) is 4.79 Å². The zero-order valence-electron chi connectivity index (χ0n) is 12.2. The Bertz CT molecular complexity index is 552. The van der Waals surface area contributed by atoms with Gasteiger partial charge in [0.25, 0.3) is 0 Å². The molecule has 1 aromatic rings. The Labute approximate surface area is 143 Å². The maximum Gasteiger partial charge on any atom is 0.235 e. The maximum atomic E-state index is 11.9. The molecule has 1 heterocycles. The fraction of sp³-hybridized carbons (Fsp3) is 0.533. The van der Waals surface area contributed by atoms with Crippen LogP contribution in [0.5, 0.6) is 0 Å². The van der Waals surface area contributed by atoms with Crippen molar-refractivity contribution in [1.29, 1.82) is 0 Å². The number of rotatable bonds is 6. The third-order valence-corrected chi connectivity index (χ3v) is 4.82. The molecule has 0 radical (unpaired) electrons. The molecule has 5 nitrogen and oxygen atoms in total. The number of hydrogen-bond acceptors (Lipinski definition) is 4. The number of nitrogens with one attached hydrogen (secondary N) is 4. The monoisotopic (exact) mass is 386 g/mol. The Morgan fingerprint density at radius 2 is 2.18 bits per heavy atom. The zero-order valence-corrected chi connectivity index (χ0v) is 14.5. The van der Waals surface area contributed by atoms with Crippen LogP contribution in [0.2, 0.25) is 5.02 Å². The number of halogens is 2. The Balaban J connectivity index is 1.46. The average molecular weight is 388 g/mol. The molecule has 1 aliphatic heterocycles. The zero-order chi connectivity index (χ0) is 15.5. The molecular weight excluding hydrogens is 368 g/mol. The fourth-order valence-electron chi connectivity index (χ4n) is 2.59. The van der Waals surface area contributed by atoms with Gasteiger partial charge in [0.15, 0.2) is 0 Å². The molecule has 22 heavy (non-hydrogen) atoms. The highest BCUT2D eigenvalue weighted by atomic mass is 79.9. The summed E-state index contributed by atoms with van der Waals surface area (Å²) in [6, 6.07) is 5.87. The highest BCUT2D eigenvalue weighted by Crippen LogP contribution is 2.30. The number of amides is 1. The Morgan fingerprint density at radius 1 is 1.36 bits per heavy atom. The summed E-state index contributed by atoms with van der Waals surface area (Å²) < 4.78 is 0.991. The molecule has 2 aliphatic rings. The second-order valence-corrected chi connectivity index (χ2v) is 7.26. The number of hydrogen-bond donors (Lipinski definition) is 4. The number of carbonyl (C=O) groups excluding carboxylic acids is 1. The van der Waals surface area contributed by atoms with Gasteiger partial charge in [-0.25, -0.2) is 10.9 Å². The quantitative estimate of drug-likeness (QED) is 0.603. The SMILES string of the molecule is O=C(CNCC1CC1)NC1CC(c2cc(Br)ccc2Cl)NN1. The lowest BCUT2D eigenvalue weighted by Gasteiger charge is -2.13. The van der Waals surface area contributed by atoms with E-state index in [0.717, 1.165) is 33.9 Å². The third-order valence-electron chi connectivity index (χ3n) is 3.99. The van der Waals surface area contributed by atoms with Gasteiger partial charge in [0.1, 0.15) is 0 Å². The summed E-state index contributed by atoms with van der Waals surface area (Å²) in [5.74, 6) is 0.795. The van der Waals surface area contributed by atoms with Gasteiger partial charge in [0, 0.05) is 15.9 Å². The van der Waals surface area contributed by atoms with E-state index in [4.69, 9.17) is 11.6 Å². The van der Waals surface area contributed by atoms with E-state index in [2.05, 4.69) is 37.4 Å². The van der Waals surface area contributed by atoms with Gasteiger partial charge < -0.3 is 10.6 Å². The van der Waals surface area contributed by atoms with Crippen LogP contribution >= 0.6 is 27.5 Å². The van der Waals surface area contributed by atoms with Gasteiger partial charge in [-0.1, -0.05) is 27.5 Å². The highest BCUT2D eigenvalue weighted by molar-refractivity contribution is 9.10. The third kappa shape index (κ3) is 4.43. The van der Waals surface area contributed by atoms with Crippen molar-refractivity contribution in [3.05, 3.63) is 33.3 Å². The minimum Gasteiger partial charge on any atom is -0.338 e. The van der Waals surface area contributed by atoms with Crippen LogP contribution in [0.4, 0.5) is 0 Å². The summed E-state index contributed by atoms with van der Waals surface area (Å²) in [5.41, 5.74) is 7.32. The topological polar surface area (TPSA) is 65.2 Å². The molecule has 0 bridgehead atoms. The van der Waals surface area contributed by atoms with E-state index in [0.29, 0.717) is 6.54 Å². The van der Waals surface area contributed by atoms with E-state index in [-0.39, 0.29) is 18.1 Å². The Hall–Kier alpha value is -0.660. The van der Waals surface area contributed by atoms with E-state index in [1.54, 1.807) is 0 Å². The molecule has 7 heteroatoms. The fourth-order valence-corrected chi connectivity index (χ4v) is 3.22. The molecule has 0 aromatic heterocycles. The van der Waals surface area contributed by atoms with E-state index < -0.39 is 0 Å². The first kappa shape index (κ1) is 16.2. The molecule has 120 valence electrons. The van der Waals surface area contributed by atoms with Gasteiger partial charge in [-0.15, -0.1) is 0 Å². The smallest absolute Gasteiger partial charge is 0.235 e. The molecule has 1 aliphatic carbocycles. The highest BCUT2D eigenvalue weighted by Gasteiger charge is 2.27. The predicted molar refractivity (Wildman–Crippen MR) is 90.3 cm³/mol. The largest absolute Gasteiger partial charge is 0.338 e. The Morgan fingerprint density at radius 3 is 2.95 bits per heavy atom. The van der Waals surface area contributed by atoms with Gasteiger partial charge in [-0.2, -0.15) is 0 Å². The van der Waals surface area contributed by atoms with E-state index >= 15 is 0 Å². The summed E-state index contributed by atoms with van der Waals surface area (Å²) >= 11 is 9.71. The average Bonchev–Trinajstić information content (AvgIpc) is 3.19. The van der Waals surface area contributed by atoms with Crippen molar-refractivity contribution >= 4 is 33.4 Å². The molecule has 1 saturated heterocycles. The van der Waals surface area contributed by atoms with Gasteiger partial charge in [0.2, 0.25) is 5.91 Å². The minimum absolute atomic E-state index is 0.0148. The molecule has 3 rings (SSSR count). The van der Waals surface area contributed by atoms with Crippen LogP contribution in [0.25, 0.3) is 0 Å². The van der Waals surface area contributed by atoms with Gasteiger partial charge in [0.05, 0.1) is 18.8 Å². The summed E-state index contributed by atoms with van der Waals surface area (Å²) in [5, 5.41) is 6.89. The summed E-state index contributed by atoms with van der Waals surface area (Å²) in [7, 11) is 0. The molecule has 2 atom stereocenters. The Kier molecular flexibility index (Phi) is 5.36. The molecule has 2 fully saturated rings. The van der Waals surface area contributed by atoms with Crippen molar-refractivity contribution in [2.75, 3.05) is 13.1 Å². The number of carbonyl (C=O) groups is 1. The summed E-state index contributed by atoms with van der Waals surface area (Å²) in [6.45, 7) is 1.32. The van der Waals surface area contributed by atoms with Crippen LogP contribution in [0.15, 0.2) is 22.7 Å². The van der Waals surface area contributed by atoms with Gasteiger partial charge in [-0.3, -0.25) is 4.79 Å². The lowest BCUT2D eigenvalue weighted by molar-refractivity contribution is -0.121. The lowest BCUT2D eigenvalue weighted by Crippen LogP contribution is -2.47. The van der Waals surface area contributed by atoms with Crippen LogP contribution in [-0.4, -0.2) is 25.2 Å². The predicted octanol–water partition coefficient (Wildman–Crippen LogP) is 2.08. The van der Waals surface area contributed by atoms with E-state index in [1.807, 2.05) is 18.2 Å². The molecule has 2 unspecified atom stereocenters. The first-order valence-electron chi connectivity index (χ1n) is 7.58. The van der Waals surface area contributed by atoms with Crippen molar-refractivity contribution < 1.29 is 4.79 Å². The van der Waals surface area contributed by atoms with Crippen molar-refractivity contribution in [3.8, 4) is 0 Å². The summed E-state index contributed by atoms with van der Waals surface area (Å²) in [6.07, 6.45) is 3.25. The molecule has 1 aromatic carbocycles. The molecule has 0 spiro atoms. The van der Waals surface area contributed by atoms with Gasteiger partial charge in [-0.05, 0) is 49.1 Å². The molecular formula is C15H20BrClN4O. The number of benzene rings is 1. The van der Waals surface area contributed by atoms with E-state index in [1.165, 1.54) is 12.8 Å². The van der Waals surface area contributed by atoms with Crippen LogP contribution in [0.3, 0.4) is 0 Å². The second-order valence-electron chi connectivity index (χ2n) is 5.94. The maximum absolute atomic E-state index is 11.9. The van der Waals surface area contributed by atoms with Crippen LogP contribution < -0.4 is 21.5 Å². The molecule has 1 saturated carbocycles. The lowest BCUT2D eigenvalue weighted by atomic mass is 10.0.